The fourth-order valence-electron chi connectivity index (χ4n) is 1.66. The van der Waals surface area contributed by atoms with Crippen LogP contribution in [0.4, 0.5) is 5.69 Å². The van der Waals surface area contributed by atoms with E-state index < -0.39 is 0 Å². The van der Waals surface area contributed by atoms with Gasteiger partial charge in [0.05, 0.1) is 5.69 Å². The van der Waals surface area contributed by atoms with E-state index in [1.54, 1.807) is 6.20 Å². The van der Waals surface area contributed by atoms with Gasteiger partial charge in [-0.1, -0.05) is 18.0 Å². The van der Waals surface area contributed by atoms with Crippen molar-refractivity contribution in [2.75, 3.05) is 18.5 Å². The van der Waals surface area contributed by atoms with Gasteiger partial charge in [0, 0.05) is 19.3 Å². The molecule has 14 heavy (non-hydrogen) atoms. The molecule has 76 valence electrons. The third-order valence-corrected chi connectivity index (χ3v) is 2.58. The lowest BCUT2D eigenvalue weighted by Gasteiger charge is -2.27. The number of anilines is 1. The number of rotatable bonds is 2. The Morgan fingerprint density at radius 2 is 2.07 bits per heavy atom. The maximum atomic E-state index is 5.79. The smallest absolute Gasteiger partial charge is 0.131 e. The molecule has 0 amide bonds. The van der Waals surface area contributed by atoms with Crippen LogP contribution < -0.4 is 5.43 Å². The van der Waals surface area contributed by atoms with Crippen molar-refractivity contribution in [2.45, 2.75) is 19.3 Å². The van der Waals surface area contributed by atoms with E-state index in [0.717, 1.165) is 18.8 Å². The van der Waals surface area contributed by atoms with E-state index in [2.05, 4.69) is 15.4 Å². The summed E-state index contributed by atoms with van der Waals surface area (Å²) in [5.74, 6) is 0. The first kappa shape index (κ1) is 9.74. The summed E-state index contributed by atoms with van der Waals surface area (Å²) in [7, 11) is 0. The van der Waals surface area contributed by atoms with Crippen LogP contribution in [0.5, 0.6) is 0 Å². The lowest BCUT2D eigenvalue weighted by molar-refractivity contribution is 0.273. The highest BCUT2D eigenvalue weighted by molar-refractivity contribution is 6.29. The van der Waals surface area contributed by atoms with Gasteiger partial charge in [-0.3, -0.25) is 0 Å². The Balaban J connectivity index is 1.95. The van der Waals surface area contributed by atoms with E-state index in [1.165, 1.54) is 19.3 Å². The topological polar surface area (TPSA) is 28.2 Å². The number of hydrogen-bond acceptors (Lipinski definition) is 3. The number of aromatic nitrogens is 1. The first-order valence-corrected chi connectivity index (χ1v) is 5.35. The van der Waals surface area contributed by atoms with E-state index >= 15 is 0 Å². The number of hydrogen-bond donors (Lipinski definition) is 1. The molecule has 1 fully saturated rings. The van der Waals surface area contributed by atoms with E-state index in [1.807, 2.05) is 12.1 Å². The zero-order valence-corrected chi connectivity index (χ0v) is 8.80. The zero-order valence-electron chi connectivity index (χ0n) is 8.04. The molecule has 0 bridgehead atoms. The average Bonchev–Trinajstić information content (AvgIpc) is 2.19. The predicted molar refractivity (Wildman–Crippen MR) is 58.3 cm³/mol. The minimum absolute atomic E-state index is 0.534. The fourth-order valence-corrected chi connectivity index (χ4v) is 1.83. The molecule has 0 saturated carbocycles. The van der Waals surface area contributed by atoms with Crippen molar-refractivity contribution in [1.29, 1.82) is 0 Å². The zero-order chi connectivity index (χ0) is 9.80. The van der Waals surface area contributed by atoms with Gasteiger partial charge < -0.3 is 5.43 Å². The normalized spacial score (nSPS) is 18.1. The molecule has 1 saturated heterocycles. The minimum Gasteiger partial charge on any atom is -0.319 e. The molecule has 0 aromatic carbocycles. The fraction of sp³-hybridized carbons (Fsp3) is 0.500. The largest absolute Gasteiger partial charge is 0.319 e. The molecule has 3 nitrogen and oxygen atoms in total. The van der Waals surface area contributed by atoms with Crippen molar-refractivity contribution in [3.63, 3.8) is 0 Å². The first-order chi connectivity index (χ1) is 6.84. The van der Waals surface area contributed by atoms with Gasteiger partial charge in [0.1, 0.15) is 5.15 Å². The summed E-state index contributed by atoms with van der Waals surface area (Å²) < 4.78 is 0. The number of pyridine rings is 1. The Labute approximate surface area is 89.1 Å². The lowest BCUT2D eigenvalue weighted by Crippen LogP contribution is -2.34. The van der Waals surface area contributed by atoms with Crippen molar-refractivity contribution >= 4 is 17.3 Å². The third kappa shape index (κ3) is 2.59. The summed E-state index contributed by atoms with van der Waals surface area (Å²) in [5, 5.41) is 2.77. The summed E-state index contributed by atoms with van der Waals surface area (Å²) >= 11 is 5.79. The summed E-state index contributed by atoms with van der Waals surface area (Å²) in [4.78, 5) is 3.94. The molecular formula is C10H14ClN3. The standard InChI is InChI=1S/C10H14ClN3/c11-10-8-9(4-5-12-10)13-14-6-2-1-3-7-14/h4-5,8H,1-3,6-7H2,(H,12,13). The number of halogens is 1. The second kappa shape index (κ2) is 4.62. The minimum atomic E-state index is 0.534. The van der Waals surface area contributed by atoms with Gasteiger partial charge in [-0.2, -0.15) is 0 Å². The quantitative estimate of drug-likeness (QED) is 0.763. The molecular weight excluding hydrogens is 198 g/mol. The molecule has 1 aromatic rings. The van der Waals surface area contributed by atoms with E-state index in [0.29, 0.717) is 5.15 Å². The Hall–Kier alpha value is -0.800. The van der Waals surface area contributed by atoms with Gasteiger partial charge in [-0.15, -0.1) is 0 Å². The molecule has 2 rings (SSSR count). The molecule has 1 N–H and O–H groups in total. The first-order valence-electron chi connectivity index (χ1n) is 4.98. The van der Waals surface area contributed by atoms with Crippen molar-refractivity contribution in [1.82, 2.24) is 9.99 Å². The van der Waals surface area contributed by atoms with Gasteiger partial charge in [0.25, 0.3) is 0 Å². The van der Waals surface area contributed by atoms with Crippen molar-refractivity contribution in [3.8, 4) is 0 Å². The molecule has 0 atom stereocenters. The maximum absolute atomic E-state index is 5.79. The van der Waals surface area contributed by atoms with E-state index in [9.17, 15) is 0 Å². The molecule has 0 unspecified atom stereocenters. The van der Waals surface area contributed by atoms with Crippen LogP contribution in [0.15, 0.2) is 18.3 Å². The Morgan fingerprint density at radius 1 is 1.29 bits per heavy atom. The highest BCUT2D eigenvalue weighted by Gasteiger charge is 2.09. The van der Waals surface area contributed by atoms with Gasteiger partial charge >= 0.3 is 0 Å². The van der Waals surface area contributed by atoms with Gasteiger partial charge in [0.2, 0.25) is 0 Å². The van der Waals surface area contributed by atoms with Crippen LogP contribution in [0.3, 0.4) is 0 Å². The van der Waals surface area contributed by atoms with Gasteiger partial charge in [-0.05, 0) is 25.0 Å². The van der Waals surface area contributed by atoms with Crippen molar-refractivity contribution < 1.29 is 0 Å². The second-order valence-corrected chi connectivity index (χ2v) is 3.91. The molecule has 1 aliphatic heterocycles. The molecule has 2 heterocycles. The third-order valence-electron chi connectivity index (χ3n) is 2.37. The monoisotopic (exact) mass is 211 g/mol. The number of piperidine rings is 1. The average molecular weight is 212 g/mol. The summed E-state index contributed by atoms with van der Waals surface area (Å²) in [6.45, 7) is 2.22. The van der Waals surface area contributed by atoms with Crippen LogP contribution in [0, 0.1) is 0 Å². The molecule has 0 radical (unpaired) electrons. The van der Waals surface area contributed by atoms with Crippen LogP contribution in [0.2, 0.25) is 5.15 Å². The highest BCUT2D eigenvalue weighted by Crippen LogP contribution is 2.15. The Bertz CT molecular complexity index is 297. The number of nitrogens with one attached hydrogen (secondary N) is 1. The number of nitrogens with zero attached hydrogens (tertiary/aromatic N) is 2. The van der Waals surface area contributed by atoms with E-state index in [-0.39, 0.29) is 0 Å². The molecule has 1 aliphatic rings. The highest BCUT2D eigenvalue weighted by atomic mass is 35.5. The Morgan fingerprint density at radius 3 is 2.79 bits per heavy atom. The van der Waals surface area contributed by atoms with Crippen molar-refractivity contribution in [3.05, 3.63) is 23.5 Å². The maximum Gasteiger partial charge on any atom is 0.131 e. The van der Waals surface area contributed by atoms with Crippen LogP contribution in [0.1, 0.15) is 19.3 Å². The molecule has 0 spiro atoms. The molecule has 4 heteroatoms. The van der Waals surface area contributed by atoms with Gasteiger partial charge in [-0.25, -0.2) is 9.99 Å². The predicted octanol–water partition coefficient (Wildman–Crippen LogP) is 2.55. The van der Waals surface area contributed by atoms with E-state index in [4.69, 9.17) is 11.6 Å². The lowest BCUT2D eigenvalue weighted by atomic mass is 10.2. The Kier molecular flexibility index (Phi) is 3.22. The summed E-state index contributed by atoms with van der Waals surface area (Å²) in [6.07, 6.45) is 5.60. The summed E-state index contributed by atoms with van der Waals surface area (Å²) in [6, 6.07) is 3.77. The second-order valence-electron chi connectivity index (χ2n) is 3.53. The molecule has 1 aromatic heterocycles. The SMILES string of the molecule is Clc1cc(NN2CCCCC2)ccn1. The number of hydrazine groups is 1. The van der Waals surface area contributed by atoms with Crippen LogP contribution >= 0.6 is 11.6 Å². The summed E-state index contributed by atoms with van der Waals surface area (Å²) in [5.41, 5.74) is 4.35. The van der Waals surface area contributed by atoms with Gasteiger partial charge in [0.15, 0.2) is 0 Å². The van der Waals surface area contributed by atoms with Crippen molar-refractivity contribution in [2.24, 2.45) is 0 Å². The van der Waals surface area contributed by atoms with Crippen LogP contribution in [-0.2, 0) is 0 Å². The van der Waals surface area contributed by atoms with Crippen LogP contribution in [-0.4, -0.2) is 23.1 Å². The molecule has 0 aliphatic carbocycles. The van der Waals surface area contributed by atoms with Crippen LogP contribution in [0.25, 0.3) is 0 Å².